The number of halogens is 1. The van der Waals surface area contributed by atoms with Crippen LogP contribution in [0, 0.1) is 0 Å². The van der Waals surface area contributed by atoms with Gasteiger partial charge in [-0.3, -0.25) is 4.79 Å². The van der Waals surface area contributed by atoms with Crippen molar-refractivity contribution < 1.29 is 9.90 Å². The minimum atomic E-state index is -1.08. The van der Waals surface area contributed by atoms with Crippen molar-refractivity contribution >= 4 is 17.5 Å². The predicted octanol–water partition coefficient (Wildman–Crippen LogP) is 0.813. The Morgan fingerprint density at radius 2 is 1.92 bits per heavy atom. The molecule has 70 valence electrons. The molecule has 4 heteroatoms. The number of hydrogen-bond donors (Lipinski definition) is 2. The summed E-state index contributed by atoms with van der Waals surface area (Å²) in [5.74, 6) is -0.724. The molecule has 2 atom stereocenters. The van der Waals surface area contributed by atoms with Crippen molar-refractivity contribution in [2.24, 2.45) is 5.73 Å². The van der Waals surface area contributed by atoms with Crippen LogP contribution >= 0.6 is 11.6 Å². The Labute approximate surface area is 81.1 Å². The third-order valence-electron chi connectivity index (χ3n) is 1.69. The topological polar surface area (TPSA) is 63.3 Å². The van der Waals surface area contributed by atoms with Gasteiger partial charge in [-0.15, -0.1) is 11.6 Å². The van der Waals surface area contributed by atoms with E-state index in [4.69, 9.17) is 17.3 Å². The smallest absolute Gasteiger partial charge is 0.238 e. The lowest BCUT2D eigenvalue weighted by Gasteiger charge is -2.13. The fourth-order valence-corrected chi connectivity index (χ4v) is 1.12. The van der Waals surface area contributed by atoms with E-state index in [2.05, 4.69) is 0 Å². The maximum absolute atomic E-state index is 10.6. The van der Waals surface area contributed by atoms with Crippen LogP contribution in [0.2, 0.25) is 0 Å². The highest BCUT2D eigenvalue weighted by molar-refractivity contribution is 6.31. The summed E-state index contributed by atoms with van der Waals surface area (Å²) in [5.41, 5.74) is 5.53. The molecule has 0 heterocycles. The molecule has 0 bridgehead atoms. The maximum Gasteiger partial charge on any atom is 0.238 e. The first-order valence-electron chi connectivity index (χ1n) is 3.79. The standard InChI is InChI=1S/C9H10ClNO2/c10-7(9(11)13)8(12)6-4-2-1-3-5-6/h1-5,7-8,12H,(H2,11,13)/t7-,8-/m0/s1. The third kappa shape index (κ3) is 2.44. The molecule has 1 rings (SSSR count). The average molecular weight is 200 g/mol. The van der Waals surface area contributed by atoms with Crippen molar-refractivity contribution in [2.75, 3.05) is 0 Å². The minimum Gasteiger partial charge on any atom is -0.386 e. The Hall–Kier alpha value is -1.06. The van der Waals surface area contributed by atoms with Crippen LogP contribution in [-0.4, -0.2) is 16.4 Å². The molecule has 0 fully saturated rings. The van der Waals surface area contributed by atoms with E-state index in [-0.39, 0.29) is 0 Å². The monoisotopic (exact) mass is 199 g/mol. The zero-order valence-corrected chi connectivity index (χ0v) is 7.61. The van der Waals surface area contributed by atoms with E-state index >= 15 is 0 Å². The summed E-state index contributed by atoms with van der Waals surface area (Å²) in [6.07, 6.45) is -1.04. The summed E-state index contributed by atoms with van der Waals surface area (Å²) in [5, 5.41) is 8.45. The first-order chi connectivity index (χ1) is 6.13. The number of aliphatic hydroxyl groups excluding tert-OH is 1. The number of primary amides is 1. The van der Waals surface area contributed by atoms with Gasteiger partial charge in [0.25, 0.3) is 0 Å². The van der Waals surface area contributed by atoms with E-state index in [1.807, 2.05) is 6.07 Å². The number of alkyl halides is 1. The number of aliphatic hydroxyl groups is 1. The van der Waals surface area contributed by atoms with Gasteiger partial charge in [-0.2, -0.15) is 0 Å². The number of rotatable bonds is 3. The van der Waals surface area contributed by atoms with Gasteiger partial charge < -0.3 is 10.8 Å². The number of benzene rings is 1. The molecule has 0 saturated carbocycles. The molecule has 0 aromatic heterocycles. The lowest BCUT2D eigenvalue weighted by Crippen LogP contribution is -2.29. The highest BCUT2D eigenvalue weighted by Gasteiger charge is 2.22. The van der Waals surface area contributed by atoms with Gasteiger partial charge in [0.2, 0.25) is 5.91 Å². The van der Waals surface area contributed by atoms with Gasteiger partial charge in [0.05, 0.1) is 0 Å². The van der Waals surface area contributed by atoms with Crippen LogP contribution in [0.3, 0.4) is 0 Å². The summed E-state index contributed by atoms with van der Waals surface area (Å²) in [7, 11) is 0. The van der Waals surface area contributed by atoms with Gasteiger partial charge in [-0.05, 0) is 5.56 Å². The average Bonchev–Trinajstić information content (AvgIpc) is 2.17. The van der Waals surface area contributed by atoms with Crippen LogP contribution < -0.4 is 5.73 Å². The Kier molecular flexibility index (Phi) is 3.28. The molecule has 0 unspecified atom stereocenters. The molecule has 0 aliphatic rings. The molecule has 0 saturated heterocycles. The van der Waals surface area contributed by atoms with Gasteiger partial charge in [0.1, 0.15) is 11.5 Å². The zero-order valence-electron chi connectivity index (χ0n) is 6.85. The fourth-order valence-electron chi connectivity index (χ4n) is 0.975. The largest absolute Gasteiger partial charge is 0.386 e. The summed E-state index contributed by atoms with van der Waals surface area (Å²) in [4.78, 5) is 10.6. The maximum atomic E-state index is 10.6. The van der Waals surface area contributed by atoms with Gasteiger partial charge >= 0.3 is 0 Å². The van der Waals surface area contributed by atoms with E-state index in [1.54, 1.807) is 24.3 Å². The number of nitrogens with two attached hydrogens (primary N) is 1. The third-order valence-corrected chi connectivity index (χ3v) is 2.14. The molecule has 1 aromatic rings. The minimum absolute atomic E-state index is 0.585. The summed E-state index contributed by atoms with van der Waals surface area (Å²) in [6, 6.07) is 8.68. The van der Waals surface area contributed by atoms with E-state index in [0.717, 1.165) is 0 Å². The Morgan fingerprint density at radius 1 is 1.38 bits per heavy atom. The molecule has 0 radical (unpaired) electrons. The van der Waals surface area contributed by atoms with Gasteiger partial charge in [-0.25, -0.2) is 0 Å². The van der Waals surface area contributed by atoms with Crippen LogP contribution in [0.5, 0.6) is 0 Å². The Balaban J connectivity index is 2.79. The van der Waals surface area contributed by atoms with Crippen molar-refractivity contribution in [3.63, 3.8) is 0 Å². The molecule has 3 N–H and O–H groups in total. The van der Waals surface area contributed by atoms with Crippen molar-refractivity contribution in [3.8, 4) is 0 Å². The first-order valence-corrected chi connectivity index (χ1v) is 4.23. The SMILES string of the molecule is NC(=O)[C@@H](Cl)[C@@H](O)c1ccccc1. The highest BCUT2D eigenvalue weighted by Crippen LogP contribution is 2.20. The molecule has 0 aliphatic carbocycles. The van der Waals surface area contributed by atoms with Crippen molar-refractivity contribution in [3.05, 3.63) is 35.9 Å². The van der Waals surface area contributed by atoms with Gasteiger partial charge in [0.15, 0.2) is 0 Å². The summed E-state index contributed by atoms with van der Waals surface area (Å²) < 4.78 is 0. The molecule has 1 amide bonds. The van der Waals surface area contributed by atoms with Crippen LogP contribution in [0.15, 0.2) is 30.3 Å². The van der Waals surface area contributed by atoms with Crippen LogP contribution in [-0.2, 0) is 4.79 Å². The van der Waals surface area contributed by atoms with E-state index in [1.165, 1.54) is 0 Å². The molecule has 0 spiro atoms. The van der Waals surface area contributed by atoms with Gasteiger partial charge in [-0.1, -0.05) is 30.3 Å². The second kappa shape index (κ2) is 4.25. The van der Waals surface area contributed by atoms with Crippen LogP contribution in [0.25, 0.3) is 0 Å². The number of hydrogen-bond acceptors (Lipinski definition) is 2. The number of amides is 1. The van der Waals surface area contributed by atoms with Crippen LogP contribution in [0.4, 0.5) is 0 Å². The second-order valence-electron chi connectivity index (χ2n) is 2.66. The molecule has 13 heavy (non-hydrogen) atoms. The molecular weight excluding hydrogens is 190 g/mol. The van der Waals surface area contributed by atoms with Crippen molar-refractivity contribution in [1.82, 2.24) is 0 Å². The Morgan fingerprint density at radius 3 is 2.38 bits per heavy atom. The van der Waals surface area contributed by atoms with Crippen molar-refractivity contribution in [2.45, 2.75) is 11.5 Å². The predicted molar refractivity (Wildman–Crippen MR) is 50.2 cm³/mol. The highest BCUT2D eigenvalue weighted by atomic mass is 35.5. The van der Waals surface area contributed by atoms with Gasteiger partial charge in [0, 0.05) is 0 Å². The number of carbonyl (C=O) groups excluding carboxylic acids is 1. The molecular formula is C9H10ClNO2. The normalized spacial score (nSPS) is 14.9. The molecule has 3 nitrogen and oxygen atoms in total. The fraction of sp³-hybridized carbons (Fsp3) is 0.222. The summed E-state index contributed by atoms with van der Waals surface area (Å²) >= 11 is 5.58. The van der Waals surface area contributed by atoms with E-state index in [0.29, 0.717) is 5.56 Å². The lowest BCUT2D eigenvalue weighted by molar-refractivity contribution is -0.119. The van der Waals surface area contributed by atoms with Crippen LogP contribution in [0.1, 0.15) is 11.7 Å². The zero-order chi connectivity index (χ0) is 9.84. The quantitative estimate of drug-likeness (QED) is 0.708. The van der Waals surface area contributed by atoms with Crippen molar-refractivity contribution in [1.29, 1.82) is 0 Å². The first kappa shape index (κ1) is 10.0. The molecule has 1 aromatic carbocycles. The Bertz CT molecular complexity index is 289. The van der Waals surface area contributed by atoms with E-state index in [9.17, 15) is 9.90 Å². The second-order valence-corrected chi connectivity index (χ2v) is 3.13. The summed E-state index contributed by atoms with van der Waals surface area (Å²) in [6.45, 7) is 0. The molecule has 0 aliphatic heterocycles. The lowest BCUT2D eigenvalue weighted by atomic mass is 10.1. The number of carbonyl (C=O) groups is 1. The van der Waals surface area contributed by atoms with E-state index < -0.39 is 17.4 Å².